The molecule has 1 heterocycles. The summed E-state index contributed by atoms with van der Waals surface area (Å²) in [4.78, 5) is -0.178. The van der Waals surface area contributed by atoms with Crippen molar-refractivity contribution < 1.29 is 22.8 Å². The molecule has 0 amide bonds. The van der Waals surface area contributed by atoms with Gasteiger partial charge in [0.1, 0.15) is 33.0 Å². The van der Waals surface area contributed by atoms with Crippen LogP contribution < -0.4 is 4.74 Å². The molecule has 1 atom stereocenters. The second-order valence-electron chi connectivity index (χ2n) is 9.14. The number of benzene rings is 2. The average Bonchev–Trinajstić information content (AvgIpc) is 2.70. The van der Waals surface area contributed by atoms with Gasteiger partial charge in [-0.15, -0.1) is 0 Å². The second kappa shape index (κ2) is 10.5. The zero-order chi connectivity index (χ0) is 24.3. The largest absolute Gasteiger partial charge is 0.744 e. The van der Waals surface area contributed by atoms with Crippen LogP contribution >= 0.6 is 0 Å². The van der Waals surface area contributed by atoms with E-state index in [1.165, 1.54) is 29.9 Å². The molecular weight excluding hydrogens is 444 g/mol. The fourth-order valence-electron chi connectivity index (χ4n) is 3.91. The number of ether oxygens (including phenoxy) is 1. The third-order valence-electron chi connectivity index (χ3n) is 6.16. The molecule has 0 radical (unpaired) electrons. The van der Waals surface area contributed by atoms with Crippen LogP contribution in [0.2, 0.25) is 0 Å². The van der Waals surface area contributed by atoms with Gasteiger partial charge in [-0.25, -0.2) is 8.42 Å². The Morgan fingerprint density at radius 3 is 2.19 bits per heavy atom. The van der Waals surface area contributed by atoms with Gasteiger partial charge in [-0.2, -0.15) is 0 Å². The maximum atomic E-state index is 10.4. The lowest BCUT2D eigenvalue weighted by Gasteiger charge is -2.38. The monoisotopic (exact) mass is 480 g/mol. The van der Waals surface area contributed by atoms with Crippen LogP contribution in [0, 0.1) is 27.7 Å². The molecule has 178 valence electrons. The van der Waals surface area contributed by atoms with Gasteiger partial charge in [-0.05, 0) is 100 Å². The van der Waals surface area contributed by atoms with Gasteiger partial charge in [0, 0.05) is 5.56 Å². The number of phenolic OH excluding ortho intramolecular Hbond substituents is 1. The summed E-state index contributed by atoms with van der Waals surface area (Å²) in [6, 6.07) is 5.78. The van der Waals surface area contributed by atoms with Crippen LogP contribution in [0.15, 0.2) is 29.2 Å². The van der Waals surface area contributed by atoms with E-state index in [1.807, 2.05) is 20.8 Å². The first-order valence-corrected chi connectivity index (χ1v) is 14.4. The molecule has 1 unspecified atom stereocenters. The first kappa shape index (κ1) is 26.6. The molecule has 0 aromatic heterocycles. The smallest absolute Gasteiger partial charge is 0.127 e. The van der Waals surface area contributed by atoms with Gasteiger partial charge in [-0.1, -0.05) is 17.7 Å². The fraction of sp³-hybridized carbons (Fsp3) is 0.520. The second-order valence-corrected chi connectivity index (χ2v) is 12.9. The van der Waals surface area contributed by atoms with Gasteiger partial charge in [0.05, 0.1) is 17.4 Å². The number of hydrogen-bond acceptors (Lipinski definition) is 5. The highest BCUT2D eigenvalue weighted by molar-refractivity contribution is 7.95. The molecule has 0 bridgehead atoms. The van der Waals surface area contributed by atoms with Gasteiger partial charge < -0.3 is 14.4 Å². The summed E-state index contributed by atoms with van der Waals surface area (Å²) >= 11 is 0. The van der Waals surface area contributed by atoms with Crippen molar-refractivity contribution in [3.05, 3.63) is 52.1 Å². The predicted octanol–water partition coefficient (Wildman–Crippen LogP) is 4.96. The summed E-state index contributed by atoms with van der Waals surface area (Å²) < 4.78 is 37.6. The van der Waals surface area contributed by atoms with E-state index >= 15 is 0 Å². The SMILES string of the molecule is Cc1c(C)c2c(c(C)c1O)CCC(C)(CCC[S+](C)C)O2.Cc1ccc(S(=O)(=O)[O-])cc1. The molecule has 7 heteroatoms. The number of rotatable bonds is 5. The van der Waals surface area contributed by atoms with Crippen LogP contribution in [0.5, 0.6) is 11.5 Å². The third-order valence-corrected chi connectivity index (χ3v) is 8.12. The van der Waals surface area contributed by atoms with Gasteiger partial charge in [0.25, 0.3) is 0 Å². The normalized spacial score (nSPS) is 17.9. The van der Waals surface area contributed by atoms with E-state index in [2.05, 4.69) is 26.4 Å². The summed E-state index contributed by atoms with van der Waals surface area (Å²) in [5, 5.41) is 10.2. The summed E-state index contributed by atoms with van der Waals surface area (Å²) in [7, 11) is -3.76. The van der Waals surface area contributed by atoms with Gasteiger partial charge >= 0.3 is 0 Å². The van der Waals surface area contributed by atoms with Crippen LogP contribution in [0.4, 0.5) is 0 Å². The van der Waals surface area contributed by atoms with Crippen LogP contribution in [-0.4, -0.2) is 41.9 Å². The molecule has 2 aromatic carbocycles. The van der Waals surface area contributed by atoms with Crippen molar-refractivity contribution in [3.63, 3.8) is 0 Å². The van der Waals surface area contributed by atoms with Crippen LogP contribution in [0.25, 0.3) is 0 Å². The van der Waals surface area contributed by atoms with Crippen molar-refractivity contribution in [2.45, 2.75) is 70.8 Å². The number of aromatic hydroxyl groups is 1. The lowest BCUT2D eigenvalue weighted by molar-refractivity contribution is 0.0544. The lowest BCUT2D eigenvalue weighted by atomic mass is 9.85. The van der Waals surface area contributed by atoms with Crippen molar-refractivity contribution in [3.8, 4) is 11.5 Å². The van der Waals surface area contributed by atoms with Crippen LogP contribution in [0.1, 0.15) is 54.0 Å². The summed E-state index contributed by atoms with van der Waals surface area (Å²) in [5.41, 5.74) is 5.14. The van der Waals surface area contributed by atoms with Crippen molar-refractivity contribution in [2.75, 3.05) is 18.3 Å². The summed E-state index contributed by atoms with van der Waals surface area (Å²) in [6.45, 7) is 10.1. The lowest BCUT2D eigenvalue weighted by Crippen LogP contribution is -2.37. The van der Waals surface area contributed by atoms with Crippen molar-refractivity contribution in [2.24, 2.45) is 0 Å². The Kier molecular flexibility index (Phi) is 8.70. The number of fused-ring (bicyclic) bond motifs is 1. The Balaban J connectivity index is 0.000000278. The number of hydrogen-bond donors (Lipinski definition) is 1. The van der Waals surface area contributed by atoms with Crippen LogP contribution in [-0.2, 0) is 27.4 Å². The molecule has 32 heavy (non-hydrogen) atoms. The minimum atomic E-state index is -4.27. The molecule has 1 aliphatic heterocycles. The molecule has 3 rings (SSSR count). The van der Waals surface area contributed by atoms with E-state index in [1.54, 1.807) is 12.1 Å². The maximum absolute atomic E-state index is 10.4. The molecule has 0 saturated heterocycles. The molecule has 5 nitrogen and oxygen atoms in total. The van der Waals surface area contributed by atoms with E-state index in [4.69, 9.17) is 4.74 Å². The van der Waals surface area contributed by atoms with Crippen molar-refractivity contribution in [1.29, 1.82) is 0 Å². The Morgan fingerprint density at radius 2 is 1.66 bits per heavy atom. The molecule has 1 aliphatic rings. The van der Waals surface area contributed by atoms with Crippen molar-refractivity contribution >= 4 is 21.0 Å². The van der Waals surface area contributed by atoms with Crippen molar-refractivity contribution in [1.82, 2.24) is 0 Å². The standard InChI is InChI=1S/C18H28O2S.C7H8O3S/c1-12-13(2)17-15(14(3)16(12)19)8-10-18(4,20-17)9-7-11-21(5)6;1-6-2-4-7(5-3-6)11(8,9)10/h7-11H2,1-6H3;2-5H,1H3,(H,8,9,10). The number of aryl methyl sites for hydroxylation is 1. The Hall–Kier alpha value is -1.70. The summed E-state index contributed by atoms with van der Waals surface area (Å²) in [5.74, 6) is 2.77. The molecular formula is C25H36O5S2. The van der Waals surface area contributed by atoms with E-state index in [-0.39, 0.29) is 10.5 Å². The molecule has 0 saturated carbocycles. The quantitative estimate of drug-likeness (QED) is 0.483. The molecule has 0 fully saturated rings. The Labute approximate surface area is 196 Å². The Morgan fingerprint density at radius 1 is 1.06 bits per heavy atom. The minimum absolute atomic E-state index is 0.0486. The third kappa shape index (κ3) is 6.65. The summed E-state index contributed by atoms with van der Waals surface area (Å²) in [6.07, 6.45) is 9.02. The zero-order valence-corrected chi connectivity index (χ0v) is 21.9. The molecule has 0 aliphatic carbocycles. The van der Waals surface area contributed by atoms with Gasteiger partial charge in [0.15, 0.2) is 0 Å². The zero-order valence-electron chi connectivity index (χ0n) is 20.2. The highest BCUT2D eigenvalue weighted by Crippen LogP contribution is 2.44. The van der Waals surface area contributed by atoms with E-state index < -0.39 is 10.1 Å². The highest BCUT2D eigenvalue weighted by atomic mass is 32.2. The predicted molar refractivity (Wildman–Crippen MR) is 132 cm³/mol. The molecule has 1 N–H and O–H groups in total. The first-order valence-electron chi connectivity index (χ1n) is 10.8. The molecule has 0 spiro atoms. The highest BCUT2D eigenvalue weighted by Gasteiger charge is 2.34. The van der Waals surface area contributed by atoms with E-state index in [9.17, 15) is 18.1 Å². The Bertz CT molecular complexity index is 1040. The fourth-order valence-corrected chi connectivity index (χ4v) is 5.10. The molecule has 2 aromatic rings. The average molecular weight is 481 g/mol. The van der Waals surface area contributed by atoms with E-state index in [0.717, 1.165) is 47.3 Å². The number of phenols is 1. The topological polar surface area (TPSA) is 86.7 Å². The van der Waals surface area contributed by atoms with Gasteiger partial charge in [0.2, 0.25) is 0 Å². The first-order chi connectivity index (χ1) is 14.7. The van der Waals surface area contributed by atoms with Crippen LogP contribution in [0.3, 0.4) is 0 Å². The minimum Gasteiger partial charge on any atom is -0.744 e. The van der Waals surface area contributed by atoms with Gasteiger partial charge in [-0.3, -0.25) is 0 Å². The van der Waals surface area contributed by atoms with E-state index in [0.29, 0.717) is 16.6 Å². The maximum Gasteiger partial charge on any atom is 0.127 e.